The number of carbonyl (C=O) groups excluding carboxylic acids is 2. The highest BCUT2D eigenvalue weighted by molar-refractivity contribution is 7.93. The zero-order chi connectivity index (χ0) is 23.3. The summed E-state index contributed by atoms with van der Waals surface area (Å²) < 4.78 is 33.3. The van der Waals surface area contributed by atoms with Gasteiger partial charge in [0.2, 0.25) is 5.91 Å². The number of nitrogens with zero attached hydrogens (tertiary/aromatic N) is 1. The lowest BCUT2D eigenvalue weighted by Crippen LogP contribution is -2.37. The Labute approximate surface area is 192 Å². The summed E-state index contributed by atoms with van der Waals surface area (Å²) in [5, 5.41) is 0.915. The fourth-order valence-corrected chi connectivity index (χ4v) is 5.07. The molecule has 0 unspecified atom stereocenters. The summed E-state index contributed by atoms with van der Waals surface area (Å²) in [7, 11) is -4.21. The summed E-state index contributed by atoms with van der Waals surface area (Å²) in [6, 6.07) is 15.9. The van der Waals surface area contributed by atoms with E-state index in [1.165, 1.54) is 18.2 Å². The molecular weight excluding hydrogens is 450 g/mol. The van der Waals surface area contributed by atoms with Crippen LogP contribution in [0.1, 0.15) is 39.5 Å². The number of sulfonamides is 1. The van der Waals surface area contributed by atoms with Crippen molar-refractivity contribution in [1.82, 2.24) is 0 Å². The highest BCUT2D eigenvalue weighted by Crippen LogP contribution is 2.42. The quantitative estimate of drug-likeness (QED) is 0.308. The van der Waals surface area contributed by atoms with Gasteiger partial charge in [-0.2, -0.15) is 0 Å². The Balaban J connectivity index is 2.26. The van der Waals surface area contributed by atoms with E-state index in [2.05, 4.69) is 0 Å². The molecule has 0 heterocycles. The standard InChI is InChI=1S/C24H24ClNO5S/c1-3-10-22(27)26(32(29,30)17-12-6-5-7-13-17)21-16-20(25)24(31-23(28)11-4-2)19-15-9-8-14-18(19)21/h5-9,12-16H,3-4,10-11H2,1-2H3. The van der Waals surface area contributed by atoms with Crippen molar-refractivity contribution in [3.63, 3.8) is 0 Å². The molecule has 3 aromatic carbocycles. The number of benzene rings is 3. The van der Waals surface area contributed by atoms with E-state index in [1.54, 1.807) is 49.4 Å². The van der Waals surface area contributed by atoms with E-state index in [9.17, 15) is 18.0 Å². The van der Waals surface area contributed by atoms with E-state index in [-0.39, 0.29) is 34.2 Å². The number of hydrogen-bond acceptors (Lipinski definition) is 5. The van der Waals surface area contributed by atoms with Crippen LogP contribution < -0.4 is 9.04 Å². The molecule has 0 N–H and O–H groups in total. The van der Waals surface area contributed by atoms with Crippen LogP contribution in [0.2, 0.25) is 5.02 Å². The minimum atomic E-state index is -4.21. The molecule has 0 fully saturated rings. The van der Waals surface area contributed by atoms with Crippen molar-refractivity contribution in [2.24, 2.45) is 0 Å². The second-order valence-electron chi connectivity index (χ2n) is 7.20. The first-order chi connectivity index (χ1) is 15.3. The Morgan fingerprint density at radius 2 is 1.50 bits per heavy atom. The normalized spacial score (nSPS) is 11.3. The van der Waals surface area contributed by atoms with Crippen LogP contribution in [0, 0.1) is 0 Å². The van der Waals surface area contributed by atoms with Crippen LogP contribution in [-0.4, -0.2) is 20.3 Å². The summed E-state index contributed by atoms with van der Waals surface area (Å²) in [4.78, 5) is 25.2. The summed E-state index contributed by atoms with van der Waals surface area (Å²) in [6.07, 6.45) is 1.33. The SMILES string of the molecule is CCCC(=O)Oc1c(Cl)cc(N(C(=O)CCC)S(=O)(=O)c2ccccc2)c2ccccc12. The van der Waals surface area contributed by atoms with Crippen LogP contribution >= 0.6 is 11.6 Å². The van der Waals surface area contributed by atoms with E-state index in [0.29, 0.717) is 23.6 Å². The number of ether oxygens (including phenoxy) is 1. The molecule has 0 saturated heterocycles. The van der Waals surface area contributed by atoms with Gasteiger partial charge in [0.1, 0.15) is 0 Å². The molecule has 32 heavy (non-hydrogen) atoms. The van der Waals surface area contributed by atoms with Gasteiger partial charge in [-0.05, 0) is 31.0 Å². The molecule has 6 nitrogen and oxygen atoms in total. The van der Waals surface area contributed by atoms with E-state index < -0.39 is 21.9 Å². The highest BCUT2D eigenvalue weighted by Gasteiger charge is 2.32. The zero-order valence-electron chi connectivity index (χ0n) is 17.9. The maximum atomic E-state index is 13.5. The van der Waals surface area contributed by atoms with Crippen LogP contribution in [0.3, 0.4) is 0 Å². The molecule has 0 aliphatic carbocycles. The third-order valence-electron chi connectivity index (χ3n) is 4.79. The topological polar surface area (TPSA) is 80.8 Å². The smallest absolute Gasteiger partial charge is 0.311 e. The van der Waals surface area contributed by atoms with Gasteiger partial charge in [-0.1, -0.05) is 67.9 Å². The number of rotatable bonds is 8. The molecule has 3 rings (SSSR count). The number of halogens is 1. The van der Waals surface area contributed by atoms with Crippen molar-refractivity contribution in [2.75, 3.05) is 4.31 Å². The second-order valence-corrected chi connectivity index (χ2v) is 9.40. The molecule has 1 amide bonds. The molecule has 0 aromatic heterocycles. The van der Waals surface area contributed by atoms with Crippen molar-refractivity contribution in [2.45, 2.75) is 44.4 Å². The van der Waals surface area contributed by atoms with Gasteiger partial charge in [0.05, 0.1) is 15.6 Å². The first-order valence-corrected chi connectivity index (χ1v) is 12.2. The molecule has 0 aliphatic heterocycles. The van der Waals surface area contributed by atoms with Crippen molar-refractivity contribution in [1.29, 1.82) is 0 Å². The Bertz CT molecular complexity index is 1240. The largest absolute Gasteiger partial charge is 0.424 e. The Hall–Kier alpha value is -2.90. The van der Waals surface area contributed by atoms with Crippen LogP contribution in [0.5, 0.6) is 5.75 Å². The second kappa shape index (κ2) is 10.1. The molecule has 0 spiro atoms. The zero-order valence-corrected chi connectivity index (χ0v) is 19.4. The molecule has 0 bridgehead atoms. The molecule has 8 heteroatoms. The summed E-state index contributed by atoms with van der Waals surface area (Å²) in [6.45, 7) is 3.66. The number of carbonyl (C=O) groups is 2. The maximum absolute atomic E-state index is 13.5. The molecular formula is C24H24ClNO5S. The molecule has 168 valence electrons. The summed E-state index contributed by atoms with van der Waals surface area (Å²) >= 11 is 6.46. The average molecular weight is 474 g/mol. The molecule has 0 radical (unpaired) electrons. The number of hydrogen-bond donors (Lipinski definition) is 0. The van der Waals surface area contributed by atoms with Crippen molar-refractivity contribution < 1.29 is 22.7 Å². The molecule has 0 aliphatic rings. The van der Waals surface area contributed by atoms with Gasteiger partial charge < -0.3 is 4.74 Å². The van der Waals surface area contributed by atoms with Crippen molar-refractivity contribution >= 4 is 50.0 Å². The maximum Gasteiger partial charge on any atom is 0.311 e. The Morgan fingerprint density at radius 1 is 0.906 bits per heavy atom. The van der Waals surface area contributed by atoms with Crippen molar-refractivity contribution in [3.05, 3.63) is 65.7 Å². The van der Waals surface area contributed by atoms with E-state index in [1.807, 2.05) is 6.92 Å². The molecule has 0 atom stereocenters. The van der Waals surface area contributed by atoms with Gasteiger partial charge >= 0.3 is 5.97 Å². The number of amides is 1. The number of fused-ring (bicyclic) bond motifs is 1. The fraction of sp³-hybridized carbons (Fsp3) is 0.250. The van der Waals surface area contributed by atoms with Gasteiger partial charge in [0.25, 0.3) is 10.0 Å². The molecule has 0 saturated carbocycles. The predicted octanol–water partition coefficient (Wildman–Crippen LogP) is 5.72. The lowest BCUT2D eigenvalue weighted by molar-refractivity contribution is -0.134. The number of anilines is 1. The minimum absolute atomic E-state index is 0.0110. The highest BCUT2D eigenvalue weighted by atomic mass is 35.5. The lowest BCUT2D eigenvalue weighted by atomic mass is 10.1. The first-order valence-electron chi connectivity index (χ1n) is 10.4. The van der Waals surface area contributed by atoms with Gasteiger partial charge in [0.15, 0.2) is 5.75 Å². The van der Waals surface area contributed by atoms with E-state index >= 15 is 0 Å². The van der Waals surface area contributed by atoms with Gasteiger partial charge in [0, 0.05) is 23.6 Å². The van der Waals surface area contributed by atoms with Crippen LogP contribution in [0.4, 0.5) is 5.69 Å². The monoisotopic (exact) mass is 473 g/mol. The van der Waals surface area contributed by atoms with Gasteiger partial charge in [-0.3, -0.25) is 9.59 Å². The summed E-state index contributed by atoms with van der Waals surface area (Å²) in [5.74, 6) is -0.874. The lowest BCUT2D eigenvalue weighted by Gasteiger charge is -2.25. The molecule has 3 aromatic rings. The average Bonchev–Trinajstić information content (AvgIpc) is 2.77. The van der Waals surface area contributed by atoms with Crippen LogP contribution in [-0.2, 0) is 19.6 Å². The van der Waals surface area contributed by atoms with Crippen molar-refractivity contribution in [3.8, 4) is 5.75 Å². The van der Waals surface area contributed by atoms with E-state index in [0.717, 1.165) is 4.31 Å². The third kappa shape index (κ3) is 4.79. The fourth-order valence-electron chi connectivity index (χ4n) is 3.35. The van der Waals surface area contributed by atoms with Crippen LogP contribution in [0.25, 0.3) is 10.8 Å². The van der Waals surface area contributed by atoms with E-state index in [4.69, 9.17) is 16.3 Å². The Kier molecular flexibility index (Phi) is 7.53. The van der Waals surface area contributed by atoms with Gasteiger partial charge in [-0.25, -0.2) is 12.7 Å². The number of esters is 1. The van der Waals surface area contributed by atoms with Crippen LogP contribution in [0.15, 0.2) is 65.6 Å². The third-order valence-corrected chi connectivity index (χ3v) is 6.82. The summed E-state index contributed by atoms with van der Waals surface area (Å²) in [5.41, 5.74) is 0.114. The minimum Gasteiger partial charge on any atom is -0.424 e. The Morgan fingerprint density at radius 3 is 2.12 bits per heavy atom. The first kappa shape index (κ1) is 23.8. The predicted molar refractivity (Wildman–Crippen MR) is 126 cm³/mol. The van der Waals surface area contributed by atoms with Gasteiger partial charge in [-0.15, -0.1) is 0 Å².